The van der Waals surface area contributed by atoms with Crippen molar-refractivity contribution >= 4 is 23.2 Å². The molecule has 2 aromatic rings. The zero-order valence-electron chi connectivity index (χ0n) is 14.6. The quantitative estimate of drug-likeness (QED) is 0.704. The van der Waals surface area contributed by atoms with E-state index in [1.165, 1.54) is 6.92 Å². The van der Waals surface area contributed by atoms with Crippen molar-refractivity contribution in [2.75, 3.05) is 18.2 Å². The third kappa shape index (κ3) is 5.24. The molecule has 0 aliphatic carbocycles. The summed E-state index contributed by atoms with van der Waals surface area (Å²) in [4.78, 5) is 23.9. The second-order valence-electron chi connectivity index (χ2n) is 5.87. The number of aryl methyl sites for hydroxylation is 1. The van der Waals surface area contributed by atoms with E-state index in [9.17, 15) is 9.59 Å². The van der Waals surface area contributed by atoms with Crippen LogP contribution in [-0.4, -0.2) is 18.9 Å². The van der Waals surface area contributed by atoms with Crippen molar-refractivity contribution in [2.24, 2.45) is 0 Å². The summed E-state index contributed by atoms with van der Waals surface area (Å²) in [7, 11) is 1.54. The number of hydrogen-bond acceptors (Lipinski definition) is 4. The molecule has 2 amide bonds. The molecule has 0 fully saturated rings. The van der Waals surface area contributed by atoms with Crippen molar-refractivity contribution < 1.29 is 14.3 Å². The van der Waals surface area contributed by atoms with Crippen LogP contribution in [-0.2, 0) is 9.59 Å². The van der Waals surface area contributed by atoms with Crippen LogP contribution >= 0.6 is 0 Å². The number of amides is 2. The van der Waals surface area contributed by atoms with Gasteiger partial charge in [-0.3, -0.25) is 9.59 Å². The lowest BCUT2D eigenvalue weighted by atomic mass is 10.0. The second-order valence-corrected chi connectivity index (χ2v) is 5.87. The lowest BCUT2D eigenvalue weighted by Crippen LogP contribution is -2.29. The molecule has 0 spiro atoms. The molecule has 0 aromatic heterocycles. The molecule has 1 unspecified atom stereocenters. The Kier molecular flexibility index (Phi) is 6.00. The minimum absolute atomic E-state index is 0.0965. The third-order valence-electron chi connectivity index (χ3n) is 3.78. The zero-order chi connectivity index (χ0) is 18.4. The molecule has 0 radical (unpaired) electrons. The van der Waals surface area contributed by atoms with Crippen LogP contribution in [0.25, 0.3) is 0 Å². The molecule has 6 heteroatoms. The highest BCUT2D eigenvalue weighted by molar-refractivity contribution is 5.94. The number of nitrogens with one attached hydrogen (secondary N) is 2. The zero-order valence-corrected chi connectivity index (χ0v) is 14.6. The number of methoxy groups -OCH3 is 1. The van der Waals surface area contributed by atoms with Gasteiger partial charge < -0.3 is 21.1 Å². The minimum atomic E-state index is -0.412. The number of hydrogen-bond donors (Lipinski definition) is 3. The molecule has 0 aliphatic heterocycles. The van der Waals surface area contributed by atoms with Crippen molar-refractivity contribution in [1.29, 1.82) is 0 Å². The van der Waals surface area contributed by atoms with Crippen LogP contribution in [0.5, 0.6) is 5.75 Å². The van der Waals surface area contributed by atoms with Gasteiger partial charge in [0.15, 0.2) is 0 Å². The maximum Gasteiger partial charge on any atom is 0.226 e. The molecule has 2 aromatic carbocycles. The van der Waals surface area contributed by atoms with E-state index in [1.807, 2.05) is 31.2 Å². The van der Waals surface area contributed by atoms with Gasteiger partial charge in [-0.15, -0.1) is 0 Å². The summed E-state index contributed by atoms with van der Waals surface area (Å²) in [6, 6.07) is 12.3. The van der Waals surface area contributed by atoms with E-state index < -0.39 is 6.04 Å². The Balaban J connectivity index is 2.14. The fourth-order valence-electron chi connectivity index (χ4n) is 2.45. The number of ether oxygens (including phenoxy) is 1. The highest BCUT2D eigenvalue weighted by atomic mass is 16.5. The van der Waals surface area contributed by atoms with Crippen LogP contribution in [0.4, 0.5) is 11.4 Å². The Labute approximate surface area is 147 Å². The van der Waals surface area contributed by atoms with Gasteiger partial charge in [0.05, 0.1) is 30.9 Å². The van der Waals surface area contributed by atoms with Crippen LogP contribution in [0.15, 0.2) is 42.5 Å². The molecule has 0 saturated carbocycles. The van der Waals surface area contributed by atoms with Crippen molar-refractivity contribution in [2.45, 2.75) is 26.3 Å². The summed E-state index contributed by atoms with van der Waals surface area (Å²) in [6.45, 7) is 3.41. The number of anilines is 2. The Bertz CT molecular complexity index is 757. The van der Waals surface area contributed by atoms with E-state index in [0.717, 1.165) is 11.1 Å². The molecule has 0 bridgehead atoms. The van der Waals surface area contributed by atoms with Crippen LogP contribution in [0, 0.1) is 6.92 Å². The highest BCUT2D eigenvalue weighted by Crippen LogP contribution is 2.25. The molecule has 1 atom stereocenters. The van der Waals surface area contributed by atoms with Crippen LogP contribution in [0.3, 0.4) is 0 Å². The summed E-state index contributed by atoms with van der Waals surface area (Å²) in [5.74, 6) is 0.153. The highest BCUT2D eigenvalue weighted by Gasteiger charge is 2.18. The molecule has 4 N–H and O–H groups in total. The summed E-state index contributed by atoms with van der Waals surface area (Å²) in [6.07, 6.45) is 0.0965. The van der Waals surface area contributed by atoms with Gasteiger partial charge in [0, 0.05) is 13.0 Å². The maximum absolute atomic E-state index is 12.4. The monoisotopic (exact) mass is 341 g/mol. The van der Waals surface area contributed by atoms with Crippen molar-refractivity contribution in [3.63, 3.8) is 0 Å². The lowest BCUT2D eigenvalue weighted by Gasteiger charge is -2.19. The van der Waals surface area contributed by atoms with Gasteiger partial charge in [-0.2, -0.15) is 0 Å². The topological polar surface area (TPSA) is 93.4 Å². The number of carbonyl (C=O) groups excluding carboxylic acids is 2. The molecule has 2 rings (SSSR count). The van der Waals surface area contributed by atoms with Gasteiger partial charge in [-0.25, -0.2) is 0 Å². The third-order valence-corrected chi connectivity index (χ3v) is 3.78. The Morgan fingerprint density at radius 3 is 2.44 bits per heavy atom. The molecule has 25 heavy (non-hydrogen) atoms. The normalized spacial score (nSPS) is 11.5. The summed E-state index contributed by atoms with van der Waals surface area (Å²) in [5, 5.41) is 5.59. The summed E-state index contributed by atoms with van der Waals surface area (Å²) >= 11 is 0. The molecule has 132 valence electrons. The minimum Gasteiger partial charge on any atom is -0.497 e. The smallest absolute Gasteiger partial charge is 0.226 e. The summed E-state index contributed by atoms with van der Waals surface area (Å²) < 4.78 is 5.14. The molecule has 0 aliphatic rings. The lowest BCUT2D eigenvalue weighted by molar-refractivity contribution is -0.120. The Morgan fingerprint density at radius 1 is 1.16 bits per heavy atom. The Hall–Kier alpha value is -3.02. The first-order chi connectivity index (χ1) is 11.9. The van der Waals surface area contributed by atoms with Gasteiger partial charge in [-0.1, -0.05) is 29.8 Å². The largest absolute Gasteiger partial charge is 0.497 e. The first-order valence-electron chi connectivity index (χ1n) is 7.96. The maximum atomic E-state index is 12.4. The van der Waals surface area contributed by atoms with Crippen molar-refractivity contribution in [1.82, 2.24) is 5.32 Å². The SMILES string of the molecule is COc1ccc(N)c(NC(=O)CC(NC(C)=O)c2ccc(C)cc2)c1. The van der Waals surface area contributed by atoms with Gasteiger partial charge in [0.25, 0.3) is 0 Å². The average Bonchev–Trinajstić information content (AvgIpc) is 2.56. The van der Waals surface area contributed by atoms with Crippen molar-refractivity contribution in [3.8, 4) is 5.75 Å². The molecular weight excluding hydrogens is 318 g/mol. The predicted octanol–water partition coefficient (Wildman–Crippen LogP) is 2.79. The molecule has 0 saturated heterocycles. The van der Waals surface area contributed by atoms with Crippen molar-refractivity contribution in [3.05, 3.63) is 53.6 Å². The van der Waals surface area contributed by atoms with E-state index in [2.05, 4.69) is 10.6 Å². The first-order valence-corrected chi connectivity index (χ1v) is 7.96. The van der Waals surface area contributed by atoms with E-state index >= 15 is 0 Å². The fraction of sp³-hybridized carbons (Fsp3) is 0.263. The number of carbonyl (C=O) groups is 2. The number of nitrogens with two attached hydrogens (primary N) is 1. The van der Waals surface area contributed by atoms with Gasteiger partial charge in [0.2, 0.25) is 11.8 Å². The van der Waals surface area contributed by atoms with E-state index in [0.29, 0.717) is 17.1 Å². The first kappa shape index (κ1) is 18.3. The van der Waals surface area contributed by atoms with Crippen LogP contribution < -0.4 is 21.1 Å². The average molecular weight is 341 g/mol. The van der Waals surface area contributed by atoms with E-state index in [1.54, 1.807) is 25.3 Å². The number of rotatable bonds is 6. The standard InChI is InChI=1S/C19H23N3O3/c1-12-4-6-14(7-5-12)17(21-13(2)23)11-19(24)22-18-10-15(25-3)8-9-16(18)20/h4-10,17H,11,20H2,1-3H3,(H,21,23)(H,22,24). The van der Waals surface area contributed by atoms with Gasteiger partial charge in [0.1, 0.15) is 5.75 Å². The molecule has 6 nitrogen and oxygen atoms in total. The van der Waals surface area contributed by atoms with Crippen LogP contribution in [0.2, 0.25) is 0 Å². The van der Waals surface area contributed by atoms with E-state index in [-0.39, 0.29) is 18.2 Å². The molecular formula is C19H23N3O3. The fourth-order valence-corrected chi connectivity index (χ4v) is 2.45. The molecule has 0 heterocycles. The van der Waals surface area contributed by atoms with Gasteiger partial charge >= 0.3 is 0 Å². The predicted molar refractivity (Wildman–Crippen MR) is 98.4 cm³/mol. The number of nitrogen functional groups attached to an aromatic ring is 1. The number of benzene rings is 2. The van der Waals surface area contributed by atoms with Gasteiger partial charge in [-0.05, 0) is 24.6 Å². The Morgan fingerprint density at radius 2 is 1.84 bits per heavy atom. The van der Waals surface area contributed by atoms with E-state index in [4.69, 9.17) is 10.5 Å². The summed E-state index contributed by atoms with van der Waals surface area (Å²) in [5.41, 5.74) is 8.80. The van der Waals surface area contributed by atoms with Crippen LogP contribution in [0.1, 0.15) is 30.5 Å². The second kappa shape index (κ2) is 8.19.